The van der Waals surface area contributed by atoms with Gasteiger partial charge in [0, 0.05) is 37.4 Å². The van der Waals surface area contributed by atoms with Crippen molar-refractivity contribution in [2.24, 2.45) is 5.92 Å². The van der Waals surface area contributed by atoms with Crippen molar-refractivity contribution in [3.05, 3.63) is 59.4 Å². The van der Waals surface area contributed by atoms with Gasteiger partial charge in [-0.25, -0.2) is 0 Å². The molecule has 2 rings (SSSR count). The lowest BCUT2D eigenvalue weighted by Gasteiger charge is -2.32. The highest BCUT2D eigenvalue weighted by Crippen LogP contribution is 2.16. The maximum Gasteiger partial charge on any atom is 0.242 e. The van der Waals surface area contributed by atoms with Crippen LogP contribution in [0, 0.1) is 12.8 Å². The predicted octanol–water partition coefficient (Wildman–Crippen LogP) is 4.87. The Bertz CT molecular complexity index is 856. The largest absolute Gasteiger partial charge is 0.345 e. The number of amides is 2. The van der Waals surface area contributed by atoms with E-state index in [0.29, 0.717) is 25.4 Å². The lowest BCUT2D eigenvalue weighted by Crippen LogP contribution is -2.46. The fourth-order valence-electron chi connectivity index (χ4n) is 3.78. The zero-order chi connectivity index (χ0) is 23.0. The van der Waals surface area contributed by atoms with E-state index in [2.05, 4.69) is 75.7 Å². The molecule has 0 fully saturated rings. The number of aromatic nitrogens is 1. The van der Waals surface area contributed by atoms with Crippen LogP contribution >= 0.6 is 0 Å². The molecule has 1 aromatic heterocycles. The summed E-state index contributed by atoms with van der Waals surface area (Å²) in [6, 6.07) is 12.6. The minimum atomic E-state index is 0.0143. The summed E-state index contributed by atoms with van der Waals surface area (Å²) < 4.78 is 2.22. The maximum absolute atomic E-state index is 13.3. The smallest absolute Gasteiger partial charge is 0.242 e. The number of rotatable bonds is 11. The minimum Gasteiger partial charge on any atom is -0.345 e. The Morgan fingerprint density at radius 2 is 1.71 bits per heavy atom. The molecule has 2 amide bonds. The van der Waals surface area contributed by atoms with Crippen LogP contribution in [0.5, 0.6) is 0 Å². The van der Waals surface area contributed by atoms with Gasteiger partial charge in [-0.3, -0.25) is 9.59 Å². The summed E-state index contributed by atoms with van der Waals surface area (Å²) in [6.45, 7) is 14.4. The molecule has 5 heteroatoms. The Morgan fingerprint density at radius 1 is 1.00 bits per heavy atom. The molecule has 0 aliphatic carbocycles. The third kappa shape index (κ3) is 6.98. The van der Waals surface area contributed by atoms with E-state index in [0.717, 1.165) is 18.7 Å². The molecule has 1 aromatic carbocycles. The normalized spacial score (nSPS) is 12.1. The van der Waals surface area contributed by atoms with E-state index in [1.54, 1.807) is 4.90 Å². The van der Waals surface area contributed by atoms with Crippen LogP contribution in [0.4, 0.5) is 0 Å². The average Bonchev–Trinajstić information content (AvgIpc) is 3.18. The fraction of sp³-hybridized carbons (Fsp3) is 0.538. The first-order valence-corrected chi connectivity index (χ1v) is 11.5. The summed E-state index contributed by atoms with van der Waals surface area (Å²) in [4.78, 5) is 29.4. The van der Waals surface area contributed by atoms with Crippen molar-refractivity contribution in [1.29, 1.82) is 0 Å². The van der Waals surface area contributed by atoms with Gasteiger partial charge in [0.25, 0.3) is 0 Å². The Kier molecular flexibility index (Phi) is 9.35. The van der Waals surface area contributed by atoms with E-state index in [1.165, 1.54) is 11.1 Å². The Balaban J connectivity index is 2.20. The van der Waals surface area contributed by atoms with Gasteiger partial charge in [-0.05, 0) is 49.4 Å². The number of nitrogens with zero attached hydrogens (tertiary/aromatic N) is 3. The van der Waals surface area contributed by atoms with Crippen LogP contribution in [0.2, 0.25) is 0 Å². The van der Waals surface area contributed by atoms with Crippen LogP contribution in [-0.2, 0) is 22.7 Å². The predicted molar refractivity (Wildman–Crippen MR) is 127 cm³/mol. The summed E-state index contributed by atoms with van der Waals surface area (Å²) >= 11 is 0. The number of hydrogen-bond acceptors (Lipinski definition) is 2. The molecule has 5 nitrogen and oxygen atoms in total. The van der Waals surface area contributed by atoms with Crippen LogP contribution in [0.25, 0.3) is 0 Å². The zero-order valence-corrected chi connectivity index (χ0v) is 20.1. The highest BCUT2D eigenvalue weighted by molar-refractivity contribution is 5.85. The van der Waals surface area contributed by atoms with Crippen molar-refractivity contribution in [3.8, 4) is 0 Å². The molecule has 0 spiro atoms. The standard InChI is InChI=1S/C26H39N3O2/c1-7-22(6)29(26(31)19-28(16-20(3)4)25(30)8-2)18-24-14-11-15-27(24)17-23-13-10-9-12-21(23)5/h9-15,20,22H,7-8,16-19H2,1-6H3. The second-order valence-electron chi connectivity index (χ2n) is 8.85. The second kappa shape index (κ2) is 11.7. The summed E-state index contributed by atoms with van der Waals surface area (Å²) in [6.07, 6.45) is 3.37. The average molecular weight is 426 g/mol. The minimum absolute atomic E-state index is 0.0143. The monoisotopic (exact) mass is 425 g/mol. The van der Waals surface area contributed by atoms with Crippen molar-refractivity contribution in [2.75, 3.05) is 13.1 Å². The highest BCUT2D eigenvalue weighted by atomic mass is 16.2. The van der Waals surface area contributed by atoms with E-state index in [-0.39, 0.29) is 24.4 Å². The summed E-state index contributed by atoms with van der Waals surface area (Å²) in [5, 5.41) is 0. The third-order valence-corrected chi connectivity index (χ3v) is 5.87. The quantitative estimate of drug-likeness (QED) is 0.516. The molecule has 0 N–H and O–H groups in total. The van der Waals surface area contributed by atoms with Gasteiger partial charge in [-0.1, -0.05) is 52.0 Å². The van der Waals surface area contributed by atoms with Crippen LogP contribution in [0.15, 0.2) is 42.6 Å². The van der Waals surface area contributed by atoms with Crippen molar-refractivity contribution in [3.63, 3.8) is 0 Å². The van der Waals surface area contributed by atoms with Gasteiger partial charge in [0.05, 0.1) is 13.1 Å². The molecule has 0 bridgehead atoms. The first-order valence-electron chi connectivity index (χ1n) is 11.5. The van der Waals surface area contributed by atoms with Crippen molar-refractivity contribution >= 4 is 11.8 Å². The lowest BCUT2D eigenvalue weighted by atomic mass is 10.1. The van der Waals surface area contributed by atoms with Gasteiger partial charge in [0.1, 0.15) is 0 Å². The Hall–Kier alpha value is -2.56. The SMILES string of the molecule is CCC(=O)N(CC(=O)N(Cc1cccn1Cc1ccccc1C)C(C)CC)CC(C)C. The van der Waals surface area contributed by atoms with Crippen LogP contribution < -0.4 is 0 Å². The summed E-state index contributed by atoms with van der Waals surface area (Å²) in [5.74, 6) is 0.376. The number of carbonyl (C=O) groups is 2. The number of hydrogen-bond donors (Lipinski definition) is 0. The molecule has 0 aliphatic rings. The van der Waals surface area contributed by atoms with Gasteiger partial charge >= 0.3 is 0 Å². The molecule has 1 atom stereocenters. The lowest BCUT2D eigenvalue weighted by molar-refractivity contribution is -0.142. The number of aryl methyl sites for hydroxylation is 1. The van der Waals surface area contributed by atoms with E-state index >= 15 is 0 Å². The van der Waals surface area contributed by atoms with Crippen LogP contribution in [0.1, 0.15) is 64.3 Å². The molecule has 1 unspecified atom stereocenters. The number of benzene rings is 1. The number of carbonyl (C=O) groups excluding carboxylic acids is 2. The van der Waals surface area contributed by atoms with Gasteiger partial charge in [-0.2, -0.15) is 0 Å². The first kappa shape index (κ1) is 24.7. The van der Waals surface area contributed by atoms with Crippen LogP contribution in [0.3, 0.4) is 0 Å². The van der Waals surface area contributed by atoms with Crippen molar-refractivity contribution < 1.29 is 9.59 Å². The topological polar surface area (TPSA) is 45.6 Å². The molecule has 170 valence electrons. The molecule has 0 radical (unpaired) electrons. The first-order chi connectivity index (χ1) is 14.8. The van der Waals surface area contributed by atoms with E-state index in [1.807, 2.05) is 17.9 Å². The molecular weight excluding hydrogens is 386 g/mol. The van der Waals surface area contributed by atoms with Gasteiger partial charge in [-0.15, -0.1) is 0 Å². The van der Waals surface area contributed by atoms with Gasteiger partial charge in [0.2, 0.25) is 11.8 Å². The van der Waals surface area contributed by atoms with Gasteiger partial charge < -0.3 is 14.4 Å². The molecular formula is C26H39N3O2. The van der Waals surface area contributed by atoms with Crippen molar-refractivity contribution in [1.82, 2.24) is 14.4 Å². The molecule has 0 saturated heterocycles. The molecule has 1 heterocycles. The Morgan fingerprint density at radius 3 is 2.32 bits per heavy atom. The van der Waals surface area contributed by atoms with Gasteiger partial charge in [0.15, 0.2) is 0 Å². The maximum atomic E-state index is 13.3. The van der Waals surface area contributed by atoms with E-state index in [4.69, 9.17) is 0 Å². The van der Waals surface area contributed by atoms with Crippen LogP contribution in [-0.4, -0.2) is 45.3 Å². The van der Waals surface area contributed by atoms with Crippen molar-refractivity contribution in [2.45, 2.75) is 73.5 Å². The third-order valence-electron chi connectivity index (χ3n) is 5.87. The highest BCUT2D eigenvalue weighted by Gasteiger charge is 2.25. The summed E-state index contributed by atoms with van der Waals surface area (Å²) in [7, 11) is 0. The van der Waals surface area contributed by atoms with E-state index < -0.39 is 0 Å². The van der Waals surface area contributed by atoms with E-state index in [9.17, 15) is 9.59 Å². The summed E-state index contributed by atoms with van der Waals surface area (Å²) in [5.41, 5.74) is 3.64. The fourth-order valence-corrected chi connectivity index (χ4v) is 3.78. The molecule has 0 saturated carbocycles. The molecule has 31 heavy (non-hydrogen) atoms. The molecule has 0 aliphatic heterocycles. The zero-order valence-electron chi connectivity index (χ0n) is 20.1. The molecule has 2 aromatic rings. The second-order valence-corrected chi connectivity index (χ2v) is 8.85. The Labute approximate surface area is 188 Å².